The number of aliphatic hydroxyl groups is 1. The maximum atomic E-state index is 15.1. The van der Waals surface area contributed by atoms with Crippen LogP contribution in [-0.2, 0) is 79.3 Å². The highest BCUT2D eigenvalue weighted by Gasteiger charge is 2.35. The summed E-state index contributed by atoms with van der Waals surface area (Å²) in [7, 11) is 0. The van der Waals surface area contributed by atoms with E-state index in [9.17, 15) is 47.0 Å². The van der Waals surface area contributed by atoms with E-state index in [0.29, 0.717) is 27.8 Å². The Morgan fingerprint density at radius 2 is 0.862 bits per heavy atom. The van der Waals surface area contributed by atoms with Gasteiger partial charge in [-0.15, -0.1) is 0 Å². The first-order chi connectivity index (χ1) is 45.3. The van der Waals surface area contributed by atoms with Crippen molar-refractivity contribution in [3.05, 3.63) is 256 Å². The molecular formula is C71H68F5N5O13. The zero-order valence-corrected chi connectivity index (χ0v) is 51.0. The summed E-state index contributed by atoms with van der Waals surface area (Å²) in [5, 5.41) is 21.2. The van der Waals surface area contributed by atoms with E-state index in [2.05, 4.69) is 21.3 Å². The van der Waals surface area contributed by atoms with E-state index in [1.165, 1.54) is 12.1 Å². The number of carbonyl (C=O) groups is 6. The van der Waals surface area contributed by atoms with E-state index in [4.69, 9.17) is 34.2 Å². The topological polar surface area (TPSA) is 252 Å². The van der Waals surface area contributed by atoms with Crippen LogP contribution in [-0.4, -0.2) is 77.9 Å². The fraction of sp³-hybridized carbons (Fsp3) is 0.239. The molecule has 0 aliphatic heterocycles. The fourth-order valence-corrected chi connectivity index (χ4v) is 9.49. The molecule has 8 aromatic rings. The Labute approximate surface area is 538 Å². The lowest BCUT2D eigenvalue weighted by molar-refractivity contribution is -0.150. The summed E-state index contributed by atoms with van der Waals surface area (Å²) < 4.78 is 107. The molecule has 0 fully saturated rings. The van der Waals surface area contributed by atoms with Gasteiger partial charge in [-0.05, 0) is 86.7 Å². The van der Waals surface area contributed by atoms with Gasteiger partial charge in [0.2, 0.25) is 46.6 Å². The van der Waals surface area contributed by atoms with Crippen molar-refractivity contribution in [1.82, 2.24) is 21.3 Å². The number of nitrogens with two attached hydrogens (primary N) is 1. The van der Waals surface area contributed by atoms with Crippen LogP contribution in [0.25, 0.3) is 11.1 Å². The van der Waals surface area contributed by atoms with Gasteiger partial charge in [0.25, 0.3) is 0 Å². The maximum Gasteiger partial charge on any atom is 0.408 e. The van der Waals surface area contributed by atoms with E-state index in [1.54, 1.807) is 172 Å². The van der Waals surface area contributed by atoms with Gasteiger partial charge < -0.3 is 60.5 Å². The predicted molar refractivity (Wildman–Crippen MR) is 334 cm³/mol. The highest BCUT2D eigenvalue weighted by molar-refractivity contribution is 5.92. The second kappa shape index (κ2) is 34.1. The summed E-state index contributed by atoms with van der Waals surface area (Å²) in [4.78, 5) is 83.2. The van der Waals surface area contributed by atoms with Gasteiger partial charge in [-0.1, -0.05) is 178 Å². The standard InChI is InChI=1S/C71H68F5N5O13/c1-43(2)64(69(86)91-40-46-22-12-5-13-23-46)81-67(84)55(79-66(83)54(77)36-53(82)37-78-70(87)92-41-47-24-14-6-15-25-47)34-51-32-49(28-30-57(51)89-38-44-18-8-3-9-19-44)50-29-31-58(90-39-45-20-10-4-11-21-45)52(33-50)35-56(80-71(88)93-42-48-26-16-7-17-27-48)68(85)94-65-62(75)60(73)59(72)61(74)63(65)76/h3-33,43,53-56,64,82H,34-42,77H2,1-2H3,(H,78,87)(H,79,83)(H,80,88)(H,81,84)/t53-,54+,55+,56+,64+/m1/s1. The number of aliphatic hydroxyl groups excluding tert-OH is 1. The first kappa shape index (κ1) is 69.2. The van der Waals surface area contributed by atoms with Crippen LogP contribution in [0.1, 0.15) is 59.2 Å². The number of benzene rings is 8. The zero-order valence-electron chi connectivity index (χ0n) is 51.0. The fourth-order valence-electron chi connectivity index (χ4n) is 9.49. The van der Waals surface area contributed by atoms with Gasteiger partial charge in [-0.3, -0.25) is 9.59 Å². The molecule has 0 unspecified atom stereocenters. The Morgan fingerprint density at radius 1 is 0.457 bits per heavy atom. The molecular weight excluding hydrogens is 1230 g/mol. The number of carbonyl (C=O) groups excluding carboxylic acids is 6. The van der Waals surface area contributed by atoms with E-state index >= 15 is 8.78 Å². The molecule has 0 aromatic heterocycles. The van der Waals surface area contributed by atoms with Gasteiger partial charge in [0.1, 0.15) is 62.7 Å². The highest BCUT2D eigenvalue weighted by atomic mass is 19.2. The van der Waals surface area contributed by atoms with Crippen molar-refractivity contribution in [1.29, 1.82) is 0 Å². The first-order valence-electron chi connectivity index (χ1n) is 29.8. The number of alkyl carbamates (subject to hydrolysis) is 2. The number of hydrogen-bond donors (Lipinski definition) is 6. The molecule has 0 aliphatic rings. The second-order valence-corrected chi connectivity index (χ2v) is 22.0. The Morgan fingerprint density at radius 3 is 1.31 bits per heavy atom. The predicted octanol–water partition coefficient (Wildman–Crippen LogP) is 10.6. The van der Waals surface area contributed by atoms with E-state index in [1.807, 2.05) is 18.2 Å². The molecule has 18 nitrogen and oxygen atoms in total. The smallest absolute Gasteiger partial charge is 0.408 e. The van der Waals surface area contributed by atoms with Crippen LogP contribution in [0, 0.1) is 35.0 Å². The average molecular weight is 1290 g/mol. The lowest BCUT2D eigenvalue weighted by Gasteiger charge is -2.26. The molecule has 0 saturated carbocycles. The minimum atomic E-state index is -2.51. The zero-order chi connectivity index (χ0) is 67.1. The molecule has 94 heavy (non-hydrogen) atoms. The first-order valence-corrected chi connectivity index (χ1v) is 29.8. The van der Waals surface area contributed by atoms with Crippen molar-refractivity contribution < 1.29 is 84.2 Å². The number of esters is 2. The largest absolute Gasteiger partial charge is 0.489 e. The summed E-state index contributed by atoms with van der Waals surface area (Å²) in [6.07, 6.45) is -4.88. The summed E-state index contributed by atoms with van der Waals surface area (Å²) in [6, 6.07) is 47.2. The van der Waals surface area contributed by atoms with E-state index in [-0.39, 0.29) is 68.6 Å². The molecule has 4 amide bonds. The third-order valence-corrected chi connectivity index (χ3v) is 14.6. The molecule has 0 heterocycles. The lowest BCUT2D eigenvalue weighted by Crippen LogP contribution is -2.56. The minimum absolute atomic E-state index is 0.0105. The van der Waals surface area contributed by atoms with Gasteiger partial charge in [0.15, 0.2) is 0 Å². The maximum absolute atomic E-state index is 15.1. The number of hydrogen-bond acceptors (Lipinski definition) is 14. The summed E-state index contributed by atoms with van der Waals surface area (Å²) in [6.45, 7) is 2.46. The number of nitrogens with one attached hydrogen (secondary N) is 4. The van der Waals surface area contributed by atoms with Gasteiger partial charge in [-0.2, -0.15) is 8.78 Å². The summed E-state index contributed by atoms with van der Waals surface area (Å²) in [5.74, 6) is -18.6. The van der Waals surface area contributed by atoms with Crippen LogP contribution in [0.3, 0.4) is 0 Å². The third-order valence-electron chi connectivity index (χ3n) is 14.6. The van der Waals surface area contributed by atoms with Crippen LogP contribution < -0.4 is 41.2 Å². The molecule has 0 radical (unpaired) electrons. The lowest BCUT2D eigenvalue weighted by atomic mass is 9.94. The normalized spacial score (nSPS) is 12.6. The Balaban J connectivity index is 1.14. The van der Waals surface area contributed by atoms with Crippen molar-refractivity contribution in [2.75, 3.05) is 6.54 Å². The highest BCUT2D eigenvalue weighted by Crippen LogP contribution is 2.34. The van der Waals surface area contributed by atoms with E-state index < -0.39 is 120 Å². The van der Waals surface area contributed by atoms with Crippen LogP contribution >= 0.6 is 0 Å². The molecule has 7 N–H and O–H groups in total. The molecule has 5 atom stereocenters. The van der Waals surface area contributed by atoms with Crippen molar-refractivity contribution >= 4 is 35.9 Å². The molecule has 8 rings (SSSR count). The van der Waals surface area contributed by atoms with Crippen LogP contribution in [0.15, 0.2) is 188 Å². The van der Waals surface area contributed by atoms with Crippen LogP contribution in [0.2, 0.25) is 0 Å². The monoisotopic (exact) mass is 1290 g/mol. The van der Waals surface area contributed by atoms with Crippen molar-refractivity contribution in [2.45, 2.75) is 96.4 Å². The van der Waals surface area contributed by atoms with Crippen LogP contribution in [0.5, 0.6) is 17.2 Å². The number of halogens is 5. The summed E-state index contributed by atoms with van der Waals surface area (Å²) in [5.41, 5.74) is 10.9. The quantitative estimate of drug-likeness (QED) is 0.00612. The molecule has 0 spiro atoms. The van der Waals surface area contributed by atoms with Crippen molar-refractivity contribution in [2.24, 2.45) is 11.7 Å². The van der Waals surface area contributed by atoms with Gasteiger partial charge in [0, 0.05) is 19.4 Å². The van der Waals surface area contributed by atoms with Crippen LogP contribution in [0.4, 0.5) is 31.5 Å². The summed E-state index contributed by atoms with van der Waals surface area (Å²) >= 11 is 0. The molecule has 0 aliphatic carbocycles. The SMILES string of the molecule is CC(C)[C@H](NC(=O)[C@H](Cc1cc(-c2ccc(OCc3ccccc3)c(C[C@H](NC(=O)OCc3ccccc3)C(=O)Oc3c(F)c(F)c(F)c(F)c3F)c2)ccc1OCc1ccccc1)NC(=O)[C@@H](N)C[C@@H](O)CNC(=O)OCc1ccccc1)C(=O)OCc1ccccc1. The number of rotatable bonds is 30. The Hall–Kier alpha value is -10.7. The third kappa shape index (κ3) is 20.2. The molecule has 0 bridgehead atoms. The molecule has 8 aromatic carbocycles. The van der Waals surface area contributed by atoms with Gasteiger partial charge >= 0.3 is 24.1 Å². The average Bonchev–Trinajstić information content (AvgIpc) is 0.822. The van der Waals surface area contributed by atoms with Crippen molar-refractivity contribution in [3.8, 4) is 28.4 Å². The Bertz CT molecular complexity index is 3830. The Kier molecular flexibility index (Phi) is 25.1. The van der Waals surface area contributed by atoms with E-state index in [0.717, 1.165) is 11.1 Å². The van der Waals surface area contributed by atoms with Gasteiger partial charge in [0.05, 0.1) is 12.1 Å². The van der Waals surface area contributed by atoms with Gasteiger partial charge in [-0.25, -0.2) is 32.3 Å². The number of amides is 4. The minimum Gasteiger partial charge on any atom is -0.489 e. The van der Waals surface area contributed by atoms with Crippen molar-refractivity contribution in [3.63, 3.8) is 0 Å². The second-order valence-electron chi connectivity index (χ2n) is 22.0. The molecule has 23 heteroatoms. The number of ether oxygens (including phenoxy) is 6. The molecule has 490 valence electrons. The molecule has 0 saturated heterocycles.